The molecular weight excluding hydrogens is 336 g/mol. The molecule has 0 amide bonds. The van der Waals surface area contributed by atoms with Crippen LogP contribution in [0.3, 0.4) is 0 Å². The highest BCUT2D eigenvalue weighted by Gasteiger charge is 2.10. The summed E-state index contributed by atoms with van der Waals surface area (Å²) in [5.74, 6) is 13.9. The Kier molecular flexibility index (Phi) is 6.11. The van der Waals surface area contributed by atoms with E-state index in [4.69, 9.17) is 0 Å². The van der Waals surface area contributed by atoms with E-state index in [9.17, 15) is 0 Å². The van der Waals surface area contributed by atoms with E-state index in [1.807, 2.05) is 0 Å². The van der Waals surface area contributed by atoms with Crippen molar-refractivity contribution in [3.8, 4) is 23.7 Å². The van der Waals surface area contributed by atoms with Gasteiger partial charge in [-0.3, -0.25) is 0 Å². The summed E-state index contributed by atoms with van der Waals surface area (Å²) in [6.07, 6.45) is 4.52. The second-order valence-electron chi connectivity index (χ2n) is 8.21. The molecule has 0 aromatic heterocycles. The fraction of sp³-hybridized carbons (Fsp3) is 0.357. The number of rotatable bonds is 0. The summed E-state index contributed by atoms with van der Waals surface area (Å²) in [7, 11) is 0. The maximum Gasteiger partial charge on any atom is 0.0307 e. The summed E-state index contributed by atoms with van der Waals surface area (Å²) >= 11 is 0. The van der Waals surface area contributed by atoms with Crippen LogP contribution in [-0.4, -0.2) is 0 Å². The molecule has 28 heavy (non-hydrogen) atoms. The lowest BCUT2D eigenvalue weighted by Gasteiger charge is -2.12. The van der Waals surface area contributed by atoms with Crippen molar-refractivity contribution in [3.05, 3.63) is 79.9 Å². The zero-order chi connectivity index (χ0) is 20.3. The van der Waals surface area contributed by atoms with Crippen LogP contribution in [0.2, 0.25) is 0 Å². The highest BCUT2D eigenvalue weighted by Crippen LogP contribution is 2.25. The van der Waals surface area contributed by atoms with Crippen molar-refractivity contribution in [2.75, 3.05) is 0 Å². The molecule has 2 aromatic carbocycles. The number of hydrogen-bond donors (Lipinski definition) is 0. The lowest BCUT2D eigenvalue weighted by molar-refractivity contribution is 0.700. The molecule has 0 heterocycles. The van der Waals surface area contributed by atoms with E-state index in [1.165, 1.54) is 68.5 Å². The maximum absolute atomic E-state index is 3.49. The summed E-state index contributed by atoms with van der Waals surface area (Å²) in [6.45, 7) is 12.9. The molecule has 3 rings (SSSR count). The van der Waals surface area contributed by atoms with Crippen LogP contribution >= 0.6 is 0 Å². The molecule has 0 fully saturated rings. The highest BCUT2D eigenvalue weighted by atomic mass is 14.1. The number of aryl methyl sites for hydroxylation is 6. The van der Waals surface area contributed by atoms with Crippen molar-refractivity contribution in [2.45, 2.75) is 67.2 Å². The predicted octanol–water partition coefficient (Wildman–Crippen LogP) is 6.81. The molecule has 0 spiro atoms. The van der Waals surface area contributed by atoms with E-state index in [1.54, 1.807) is 0 Å². The molecule has 0 saturated carbocycles. The molecule has 2 aromatic rings. The summed E-state index contributed by atoms with van der Waals surface area (Å²) in [5.41, 5.74) is 12.5. The van der Waals surface area contributed by atoms with Crippen LogP contribution < -0.4 is 0 Å². The van der Waals surface area contributed by atoms with E-state index in [-0.39, 0.29) is 0 Å². The fourth-order valence-electron chi connectivity index (χ4n) is 4.21. The third kappa shape index (κ3) is 4.58. The molecule has 0 aliphatic heterocycles. The summed E-state index contributed by atoms with van der Waals surface area (Å²) in [5, 5.41) is 0. The first-order valence-corrected chi connectivity index (χ1v) is 10.3. The smallest absolute Gasteiger partial charge is 0.0307 e. The highest BCUT2D eigenvalue weighted by molar-refractivity contribution is 5.55. The zero-order valence-electron chi connectivity index (χ0n) is 18.1. The van der Waals surface area contributed by atoms with Gasteiger partial charge in [0.2, 0.25) is 0 Å². The van der Waals surface area contributed by atoms with Gasteiger partial charge in [-0.25, -0.2) is 0 Å². The van der Waals surface area contributed by atoms with Gasteiger partial charge in [-0.15, -0.1) is 0 Å². The standard InChI is InChI=1S/C28H30/c1-19-15-21(3)27(22(4)16-19)13-11-25-9-7-8-10-26(25)12-14-28-23(5)17-20(2)18-24(28)6/h15-18H,7-10H2,1-6H3. The first-order chi connectivity index (χ1) is 13.3. The zero-order valence-corrected chi connectivity index (χ0v) is 18.1. The number of hydrogen-bond acceptors (Lipinski definition) is 0. The molecule has 1 aliphatic rings. The van der Waals surface area contributed by atoms with Crippen LogP contribution in [-0.2, 0) is 0 Å². The van der Waals surface area contributed by atoms with Gasteiger partial charge >= 0.3 is 0 Å². The van der Waals surface area contributed by atoms with Gasteiger partial charge in [0.05, 0.1) is 0 Å². The summed E-state index contributed by atoms with van der Waals surface area (Å²) in [4.78, 5) is 0. The maximum atomic E-state index is 3.49. The van der Waals surface area contributed by atoms with Crippen molar-refractivity contribution < 1.29 is 0 Å². The van der Waals surface area contributed by atoms with Crippen LogP contribution in [0.4, 0.5) is 0 Å². The monoisotopic (exact) mass is 366 g/mol. The van der Waals surface area contributed by atoms with Crippen molar-refractivity contribution in [3.63, 3.8) is 0 Å². The Balaban J connectivity index is 2.00. The van der Waals surface area contributed by atoms with Crippen LogP contribution in [0.15, 0.2) is 35.4 Å². The molecule has 0 heteroatoms. The van der Waals surface area contributed by atoms with Crippen LogP contribution in [0, 0.1) is 65.2 Å². The second-order valence-corrected chi connectivity index (χ2v) is 8.21. The first kappa shape index (κ1) is 20.0. The minimum atomic E-state index is 1.05. The Morgan fingerprint density at radius 3 is 1.14 bits per heavy atom. The van der Waals surface area contributed by atoms with Gasteiger partial charge in [0.1, 0.15) is 0 Å². The molecule has 0 atom stereocenters. The minimum Gasteiger partial charge on any atom is -0.0651 e. The van der Waals surface area contributed by atoms with Crippen molar-refractivity contribution in [1.82, 2.24) is 0 Å². The Labute approximate surface area is 171 Å². The van der Waals surface area contributed by atoms with E-state index >= 15 is 0 Å². The Bertz CT molecular complexity index is 935. The molecule has 1 aliphatic carbocycles. The van der Waals surface area contributed by atoms with E-state index in [0.717, 1.165) is 12.8 Å². The minimum absolute atomic E-state index is 1.05. The van der Waals surface area contributed by atoms with Gasteiger partial charge in [-0.1, -0.05) is 59.1 Å². The quantitative estimate of drug-likeness (QED) is 0.449. The lowest BCUT2D eigenvalue weighted by Crippen LogP contribution is -1.98. The van der Waals surface area contributed by atoms with Crippen LogP contribution in [0.25, 0.3) is 0 Å². The van der Waals surface area contributed by atoms with Crippen LogP contribution in [0.5, 0.6) is 0 Å². The lowest BCUT2D eigenvalue weighted by atomic mass is 9.91. The van der Waals surface area contributed by atoms with Crippen molar-refractivity contribution >= 4 is 0 Å². The SMILES string of the molecule is Cc1cc(C)c(C#CC2=C(C#Cc3c(C)cc(C)cc3C)CCCC2)c(C)c1. The average molecular weight is 367 g/mol. The molecule has 142 valence electrons. The number of benzene rings is 2. The van der Waals surface area contributed by atoms with Gasteiger partial charge in [0.15, 0.2) is 0 Å². The first-order valence-electron chi connectivity index (χ1n) is 10.3. The topological polar surface area (TPSA) is 0 Å². The molecule has 0 bridgehead atoms. The molecule has 0 radical (unpaired) electrons. The molecular formula is C28H30. The van der Waals surface area contributed by atoms with Gasteiger partial charge < -0.3 is 0 Å². The summed E-state index contributed by atoms with van der Waals surface area (Å²) in [6, 6.07) is 8.87. The third-order valence-electron chi connectivity index (χ3n) is 5.50. The number of allylic oxidation sites excluding steroid dienone is 2. The summed E-state index contributed by atoms with van der Waals surface area (Å²) < 4.78 is 0. The Morgan fingerprint density at radius 2 is 0.821 bits per heavy atom. The normalized spacial score (nSPS) is 13.5. The van der Waals surface area contributed by atoms with Gasteiger partial charge in [0.25, 0.3) is 0 Å². The molecule has 0 N–H and O–H groups in total. The van der Waals surface area contributed by atoms with Gasteiger partial charge in [0, 0.05) is 22.3 Å². The third-order valence-corrected chi connectivity index (χ3v) is 5.50. The average Bonchev–Trinajstić information content (AvgIpc) is 2.61. The molecule has 0 unspecified atom stereocenters. The van der Waals surface area contributed by atoms with Gasteiger partial charge in [-0.05, 0) is 89.5 Å². The second kappa shape index (κ2) is 8.54. The van der Waals surface area contributed by atoms with Crippen molar-refractivity contribution in [2.24, 2.45) is 0 Å². The largest absolute Gasteiger partial charge is 0.0651 e. The molecule has 0 saturated heterocycles. The van der Waals surface area contributed by atoms with Crippen LogP contribution in [0.1, 0.15) is 70.2 Å². The van der Waals surface area contributed by atoms with Crippen molar-refractivity contribution in [1.29, 1.82) is 0 Å². The van der Waals surface area contributed by atoms with Gasteiger partial charge in [-0.2, -0.15) is 0 Å². The van der Waals surface area contributed by atoms with E-state index in [0.29, 0.717) is 0 Å². The van der Waals surface area contributed by atoms with E-state index < -0.39 is 0 Å². The molecule has 0 nitrogen and oxygen atoms in total. The fourth-order valence-corrected chi connectivity index (χ4v) is 4.21. The van der Waals surface area contributed by atoms with E-state index in [2.05, 4.69) is 89.5 Å². The Hall–Kier alpha value is -2.70. The predicted molar refractivity (Wildman–Crippen MR) is 121 cm³/mol. The Morgan fingerprint density at radius 1 is 0.500 bits per heavy atom.